The van der Waals surface area contributed by atoms with Crippen LogP contribution >= 0.6 is 0 Å². The molecule has 0 spiro atoms. The lowest BCUT2D eigenvalue weighted by Gasteiger charge is -2.14. The average Bonchev–Trinajstić information content (AvgIpc) is 2.37. The minimum absolute atomic E-state index is 0.0206. The largest absolute Gasteiger partial charge is 0.386 e. The van der Waals surface area contributed by atoms with Crippen LogP contribution in [0.2, 0.25) is 0 Å². The van der Waals surface area contributed by atoms with E-state index in [0.29, 0.717) is 13.0 Å². The van der Waals surface area contributed by atoms with Crippen LogP contribution in [0.3, 0.4) is 0 Å². The van der Waals surface area contributed by atoms with Crippen LogP contribution < -0.4 is 0 Å². The molecule has 82 valence electrons. The van der Waals surface area contributed by atoms with Crippen molar-refractivity contribution in [3.05, 3.63) is 34.4 Å². The third-order valence-corrected chi connectivity index (χ3v) is 2.64. The number of hydrogen-bond donors (Lipinski definition) is 1. The van der Waals surface area contributed by atoms with Gasteiger partial charge in [0.05, 0.1) is 13.2 Å². The van der Waals surface area contributed by atoms with E-state index in [9.17, 15) is 13.9 Å². The Labute approximate surface area is 86.5 Å². The highest BCUT2D eigenvalue weighted by Crippen LogP contribution is 2.29. The molecule has 0 aromatic heterocycles. The predicted molar refractivity (Wildman–Crippen MR) is 50.6 cm³/mol. The van der Waals surface area contributed by atoms with Gasteiger partial charge in [-0.3, -0.25) is 0 Å². The zero-order valence-corrected chi connectivity index (χ0v) is 8.39. The minimum Gasteiger partial charge on any atom is -0.386 e. The van der Waals surface area contributed by atoms with Gasteiger partial charge in [0.25, 0.3) is 0 Å². The van der Waals surface area contributed by atoms with Gasteiger partial charge in [-0.15, -0.1) is 0 Å². The van der Waals surface area contributed by atoms with Crippen LogP contribution in [-0.4, -0.2) is 18.3 Å². The Morgan fingerprint density at radius 3 is 2.93 bits per heavy atom. The first kappa shape index (κ1) is 10.5. The summed E-state index contributed by atoms with van der Waals surface area (Å²) in [6.07, 6.45) is -0.771. The number of aryl methyl sites for hydroxylation is 1. The van der Waals surface area contributed by atoms with Crippen LogP contribution in [0.1, 0.15) is 22.8 Å². The van der Waals surface area contributed by atoms with Crippen LogP contribution in [0, 0.1) is 18.6 Å². The fraction of sp³-hybridized carbons (Fsp3) is 0.455. The molecule has 4 heteroatoms. The first-order valence-corrected chi connectivity index (χ1v) is 4.84. The van der Waals surface area contributed by atoms with E-state index in [-0.39, 0.29) is 23.3 Å². The fourth-order valence-corrected chi connectivity index (χ4v) is 1.87. The first-order valence-electron chi connectivity index (χ1n) is 4.84. The molecular weight excluding hydrogens is 202 g/mol. The van der Waals surface area contributed by atoms with Crippen molar-refractivity contribution >= 4 is 0 Å². The number of halogens is 2. The molecule has 0 aliphatic carbocycles. The summed E-state index contributed by atoms with van der Waals surface area (Å²) in [7, 11) is 0. The SMILES string of the molecule is Cc1cc(F)c2c(c1F)C(O)COCC2. The van der Waals surface area contributed by atoms with Gasteiger partial charge in [-0.25, -0.2) is 8.78 Å². The lowest BCUT2D eigenvalue weighted by atomic mass is 9.97. The van der Waals surface area contributed by atoms with Gasteiger partial charge in [-0.1, -0.05) is 0 Å². The maximum atomic E-state index is 13.7. The second kappa shape index (κ2) is 3.87. The summed E-state index contributed by atoms with van der Waals surface area (Å²) >= 11 is 0. The van der Waals surface area contributed by atoms with Crippen molar-refractivity contribution < 1.29 is 18.6 Å². The van der Waals surface area contributed by atoms with Crippen molar-refractivity contribution in [2.45, 2.75) is 19.4 Å². The van der Waals surface area contributed by atoms with Gasteiger partial charge in [0.15, 0.2) is 0 Å². The van der Waals surface area contributed by atoms with Crippen LogP contribution in [0.4, 0.5) is 8.78 Å². The summed E-state index contributed by atoms with van der Waals surface area (Å²) in [5.41, 5.74) is 0.514. The van der Waals surface area contributed by atoms with Crippen molar-refractivity contribution in [3.63, 3.8) is 0 Å². The molecule has 1 aliphatic heterocycles. The van der Waals surface area contributed by atoms with Crippen molar-refractivity contribution in [1.29, 1.82) is 0 Å². The van der Waals surface area contributed by atoms with Crippen LogP contribution in [0.15, 0.2) is 6.07 Å². The Balaban J connectivity index is 2.63. The fourth-order valence-electron chi connectivity index (χ4n) is 1.87. The average molecular weight is 214 g/mol. The number of benzene rings is 1. The number of aliphatic hydroxyl groups excluding tert-OH is 1. The molecule has 0 fully saturated rings. The number of rotatable bonds is 0. The van der Waals surface area contributed by atoms with E-state index in [4.69, 9.17) is 4.74 Å². The molecular formula is C11H12F2O2. The first-order chi connectivity index (χ1) is 7.11. The van der Waals surface area contributed by atoms with Crippen molar-refractivity contribution in [1.82, 2.24) is 0 Å². The lowest BCUT2D eigenvalue weighted by Crippen LogP contribution is -2.09. The number of fused-ring (bicyclic) bond motifs is 1. The third-order valence-electron chi connectivity index (χ3n) is 2.64. The van der Waals surface area contributed by atoms with Crippen LogP contribution in [0.25, 0.3) is 0 Å². The number of hydrogen-bond acceptors (Lipinski definition) is 2. The van der Waals surface area contributed by atoms with Crippen LogP contribution in [0.5, 0.6) is 0 Å². The summed E-state index contributed by atoms with van der Waals surface area (Å²) in [6.45, 7) is 1.81. The Hall–Kier alpha value is -1.00. The van der Waals surface area contributed by atoms with Gasteiger partial charge in [-0.2, -0.15) is 0 Å². The quantitative estimate of drug-likeness (QED) is 0.714. The second-order valence-corrected chi connectivity index (χ2v) is 3.72. The van der Waals surface area contributed by atoms with E-state index in [1.807, 2.05) is 0 Å². The predicted octanol–water partition coefficient (Wildman–Crippen LogP) is 1.88. The van der Waals surface area contributed by atoms with Crippen molar-refractivity contribution in [3.8, 4) is 0 Å². The molecule has 0 amide bonds. The molecule has 1 unspecified atom stereocenters. The summed E-state index contributed by atoms with van der Waals surface area (Å²) in [5, 5.41) is 9.64. The molecule has 1 aromatic carbocycles. The summed E-state index contributed by atoms with van der Waals surface area (Å²) in [4.78, 5) is 0. The van der Waals surface area contributed by atoms with Gasteiger partial charge < -0.3 is 9.84 Å². The standard InChI is InChI=1S/C11H12F2O2/c1-6-4-8(12)7-2-3-15-5-9(14)10(7)11(6)13/h4,9,14H,2-3,5H2,1H3. The van der Waals surface area contributed by atoms with Crippen molar-refractivity contribution in [2.24, 2.45) is 0 Å². The van der Waals surface area contributed by atoms with Crippen LogP contribution in [-0.2, 0) is 11.2 Å². The molecule has 1 atom stereocenters. The molecule has 0 bridgehead atoms. The molecule has 0 saturated carbocycles. The summed E-state index contributed by atoms with van der Waals surface area (Å²) in [5.74, 6) is -0.988. The zero-order valence-electron chi connectivity index (χ0n) is 8.39. The molecule has 1 heterocycles. The molecule has 15 heavy (non-hydrogen) atoms. The topological polar surface area (TPSA) is 29.5 Å². The Kier molecular flexibility index (Phi) is 2.71. The van der Waals surface area contributed by atoms with E-state index < -0.39 is 17.7 Å². The van der Waals surface area contributed by atoms with E-state index in [1.165, 1.54) is 6.92 Å². The van der Waals surface area contributed by atoms with E-state index >= 15 is 0 Å². The molecule has 1 N–H and O–H groups in total. The molecule has 0 saturated heterocycles. The van der Waals surface area contributed by atoms with Gasteiger partial charge >= 0.3 is 0 Å². The van der Waals surface area contributed by atoms with E-state index in [0.717, 1.165) is 6.07 Å². The minimum atomic E-state index is -1.07. The van der Waals surface area contributed by atoms with Gasteiger partial charge in [-0.05, 0) is 30.5 Å². The number of aliphatic hydroxyl groups is 1. The molecule has 0 radical (unpaired) electrons. The highest BCUT2D eigenvalue weighted by Gasteiger charge is 2.24. The maximum Gasteiger partial charge on any atom is 0.132 e. The second-order valence-electron chi connectivity index (χ2n) is 3.72. The van der Waals surface area contributed by atoms with Gasteiger partial charge in [0.2, 0.25) is 0 Å². The lowest BCUT2D eigenvalue weighted by molar-refractivity contribution is 0.0436. The molecule has 2 rings (SSSR count). The number of ether oxygens (including phenoxy) is 1. The maximum absolute atomic E-state index is 13.7. The normalized spacial score (nSPS) is 20.9. The Morgan fingerprint density at radius 1 is 1.47 bits per heavy atom. The molecule has 1 aromatic rings. The molecule has 1 aliphatic rings. The zero-order chi connectivity index (χ0) is 11.0. The highest BCUT2D eigenvalue weighted by atomic mass is 19.1. The Bertz CT molecular complexity index is 391. The Morgan fingerprint density at radius 2 is 2.20 bits per heavy atom. The smallest absolute Gasteiger partial charge is 0.132 e. The van der Waals surface area contributed by atoms with E-state index in [2.05, 4.69) is 0 Å². The van der Waals surface area contributed by atoms with Crippen molar-refractivity contribution in [2.75, 3.05) is 13.2 Å². The van der Waals surface area contributed by atoms with Gasteiger partial charge in [0, 0.05) is 5.56 Å². The highest BCUT2D eigenvalue weighted by molar-refractivity contribution is 5.37. The summed E-state index contributed by atoms with van der Waals surface area (Å²) < 4.78 is 32.3. The summed E-state index contributed by atoms with van der Waals surface area (Å²) in [6, 6.07) is 1.16. The molecule has 2 nitrogen and oxygen atoms in total. The van der Waals surface area contributed by atoms with Gasteiger partial charge in [0.1, 0.15) is 17.7 Å². The van der Waals surface area contributed by atoms with E-state index in [1.54, 1.807) is 0 Å². The monoisotopic (exact) mass is 214 g/mol. The third kappa shape index (κ3) is 1.75.